The third-order valence-corrected chi connectivity index (χ3v) is 8.58. The van der Waals surface area contributed by atoms with Gasteiger partial charge in [0.05, 0.1) is 18.9 Å². The Hall–Kier alpha value is -6.23. The van der Waals surface area contributed by atoms with E-state index in [0.29, 0.717) is 5.56 Å². The first-order valence-electron chi connectivity index (χ1n) is 17.0. The van der Waals surface area contributed by atoms with E-state index in [1.807, 2.05) is 48.5 Å². The van der Waals surface area contributed by atoms with Crippen LogP contribution in [0.15, 0.2) is 60.9 Å². The van der Waals surface area contributed by atoms with Crippen LogP contribution in [0.25, 0.3) is 21.8 Å². The number of benzene rings is 2. The van der Waals surface area contributed by atoms with Crippen molar-refractivity contribution in [1.29, 1.82) is 0 Å². The number of aromatic nitrogens is 2. The van der Waals surface area contributed by atoms with Gasteiger partial charge in [-0.1, -0.05) is 50.2 Å². The van der Waals surface area contributed by atoms with Crippen molar-refractivity contribution in [3.05, 3.63) is 72.1 Å². The number of carbonyl (C=O) groups excluding carboxylic acids is 6. The lowest BCUT2D eigenvalue weighted by atomic mass is 10.0. The Morgan fingerprint density at radius 2 is 1.06 bits per heavy atom. The predicted octanol–water partition coefficient (Wildman–Crippen LogP) is -0.418. The smallest absolute Gasteiger partial charge is 0.326 e. The van der Waals surface area contributed by atoms with Crippen LogP contribution in [0, 0.1) is 5.92 Å². The molecule has 4 aromatic rings. The number of nitrogens with two attached hydrogens (primary N) is 3. The van der Waals surface area contributed by atoms with Gasteiger partial charge in [-0.2, -0.15) is 0 Å². The summed E-state index contributed by atoms with van der Waals surface area (Å²) in [4.78, 5) is 95.7. The minimum absolute atomic E-state index is 0.0191. The molecule has 0 fully saturated rings. The van der Waals surface area contributed by atoms with E-state index in [2.05, 4.69) is 31.2 Å². The molecule has 0 spiro atoms. The number of H-pyrrole nitrogens is 2. The molecule has 4 rings (SSSR count). The number of hydrogen-bond donors (Lipinski definition) is 10. The Bertz CT molecular complexity index is 1990. The van der Waals surface area contributed by atoms with Gasteiger partial charge in [-0.3, -0.25) is 28.8 Å². The highest BCUT2D eigenvalue weighted by molar-refractivity contribution is 5.98. The summed E-state index contributed by atoms with van der Waals surface area (Å²) in [5.74, 6) is -7.05. The standard InChI is InChI=1S/C36H45N9O8/c1-18(2)11-26(33(49)45-29(36(52)53)15-31(39)47)43-35(51)28(14-30(38)46)44-34(50)27(13-20-17-41-25-10-6-4-8-22(20)25)42-32(48)23(37)12-19-16-40-24-9-5-3-7-21(19)24/h3-10,16-18,23,26-29,40-41H,11-15,37H2,1-2H3,(H2,38,46)(H2,39,47)(H,42,48)(H,43,51)(H,44,50)(H,45,49)(H,52,53)/t23-,26-,27-,28-,29-/m0/s1. The highest BCUT2D eigenvalue weighted by Crippen LogP contribution is 2.21. The summed E-state index contributed by atoms with van der Waals surface area (Å²) in [5, 5.41) is 21.0. The molecule has 2 heterocycles. The van der Waals surface area contributed by atoms with Gasteiger partial charge in [0.25, 0.3) is 0 Å². The summed E-state index contributed by atoms with van der Waals surface area (Å²) < 4.78 is 0. The molecule has 13 N–H and O–H groups in total. The highest BCUT2D eigenvalue weighted by atomic mass is 16.4. The van der Waals surface area contributed by atoms with Crippen LogP contribution in [0.4, 0.5) is 0 Å². The van der Waals surface area contributed by atoms with E-state index in [1.165, 1.54) is 0 Å². The second-order valence-corrected chi connectivity index (χ2v) is 13.3. The van der Waals surface area contributed by atoms with Crippen molar-refractivity contribution in [2.45, 2.75) is 76.2 Å². The first kappa shape index (κ1) is 39.6. The van der Waals surface area contributed by atoms with E-state index < -0.39 is 84.5 Å². The van der Waals surface area contributed by atoms with Crippen molar-refractivity contribution >= 4 is 63.2 Å². The van der Waals surface area contributed by atoms with Gasteiger partial charge in [0, 0.05) is 40.6 Å². The maximum atomic E-state index is 14.0. The van der Waals surface area contributed by atoms with Crippen LogP contribution in [-0.2, 0) is 46.4 Å². The van der Waals surface area contributed by atoms with Crippen molar-refractivity contribution < 1.29 is 38.7 Å². The van der Waals surface area contributed by atoms with Gasteiger partial charge in [-0.05, 0) is 42.0 Å². The third-order valence-electron chi connectivity index (χ3n) is 8.58. The molecule has 6 amide bonds. The molecule has 0 saturated heterocycles. The third kappa shape index (κ3) is 10.9. The van der Waals surface area contributed by atoms with E-state index >= 15 is 0 Å². The highest BCUT2D eigenvalue weighted by Gasteiger charge is 2.33. The molecule has 53 heavy (non-hydrogen) atoms. The van der Waals surface area contributed by atoms with Crippen LogP contribution >= 0.6 is 0 Å². The van der Waals surface area contributed by atoms with Gasteiger partial charge in [0.15, 0.2) is 0 Å². The molecule has 0 aliphatic rings. The quantitative estimate of drug-likeness (QED) is 0.0598. The van der Waals surface area contributed by atoms with Crippen LogP contribution in [0.1, 0.15) is 44.2 Å². The Morgan fingerprint density at radius 3 is 1.58 bits per heavy atom. The van der Waals surface area contributed by atoms with E-state index in [4.69, 9.17) is 17.2 Å². The monoisotopic (exact) mass is 731 g/mol. The Labute approximate surface area is 304 Å². The zero-order valence-corrected chi connectivity index (χ0v) is 29.3. The van der Waals surface area contributed by atoms with Crippen molar-refractivity contribution in [3.63, 3.8) is 0 Å². The largest absolute Gasteiger partial charge is 0.480 e. The van der Waals surface area contributed by atoms with Crippen molar-refractivity contribution in [1.82, 2.24) is 31.2 Å². The zero-order valence-electron chi connectivity index (χ0n) is 29.3. The minimum Gasteiger partial charge on any atom is -0.480 e. The number of nitrogens with one attached hydrogen (secondary N) is 6. The predicted molar refractivity (Wildman–Crippen MR) is 194 cm³/mol. The molecule has 0 aliphatic heterocycles. The van der Waals surface area contributed by atoms with Crippen molar-refractivity contribution in [2.24, 2.45) is 23.1 Å². The lowest BCUT2D eigenvalue weighted by molar-refractivity contribution is -0.144. The number of carbonyl (C=O) groups is 7. The molecule has 0 saturated carbocycles. The Balaban J connectivity index is 1.56. The normalized spacial score (nSPS) is 14.1. The van der Waals surface area contributed by atoms with Crippen molar-refractivity contribution in [3.8, 4) is 0 Å². The Kier molecular flexibility index (Phi) is 13.3. The fourth-order valence-electron chi connectivity index (χ4n) is 5.97. The summed E-state index contributed by atoms with van der Waals surface area (Å²) >= 11 is 0. The number of fused-ring (bicyclic) bond motifs is 2. The topological polar surface area (TPSA) is 297 Å². The van der Waals surface area contributed by atoms with Crippen LogP contribution in [0.3, 0.4) is 0 Å². The number of hydrogen-bond acceptors (Lipinski definition) is 8. The molecule has 0 radical (unpaired) electrons. The molecule has 0 aliphatic carbocycles. The van der Waals surface area contributed by atoms with Crippen LogP contribution in [-0.4, -0.2) is 86.7 Å². The van der Waals surface area contributed by atoms with Gasteiger partial charge < -0.3 is 53.5 Å². The SMILES string of the molecule is CC(C)C[C@H](NC(=O)[C@H](CC(N)=O)NC(=O)[C@H](Cc1c[nH]c2ccccc12)NC(=O)[C@@H](N)Cc1c[nH]c2ccccc12)C(=O)N[C@@H](CC(N)=O)C(=O)O. The van der Waals surface area contributed by atoms with E-state index in [0.717, 1.165) is 27.4 Å². The molecule has 2 aromatic carbocycles. The number of para-hydroxylation sites is 2. The minimum atomic E-state index is -1.66. The number of aliphatic carboxylic acids is 1. The van der Waals surface area contributed by atoms with Crippen LogP contribution in [0.2, 0.25) is 0 Å². The molecule has 17 nitrogen and oxygen atoms in total. The number of amides is 6. The zero-order chi connectivity index (χ0) is 38.8. The lowest BCUT2D eigenvalue weighted by Crippen LogP contribution is -2.59. The van der Waals surface area contributed by atoms with Crippen LogP contribution in [0.5, 0.6) is 0 Å². The van der Waals surface area contributed by atoms with E-state index in [-0.39, 0.29) is 25.2 Å². The summed E-state index contributed by atoms with van der Waals surface area (Å²) in [6, 6.07) is 7.86. The number of carboxylic acid groups (broad SMARTS) is 1. The molecule has 5 atom stereocenters. The van der Waals surface area contributed by atoms with Gasteiger partial charge in [0.1, 0.15) is 24.2 Å². The summed E-state index contributed by atoms with van der Waals surface area (Å²) in [5.41, 5.74) is 20.0. The van der Waals surface area contributed by atoms with Gasteiger partial charge in [-0.25, -0.2) is 4.79 Å². The first-order chi connectivity index (χ1) is 25.1. The van der Waals surface area contributed by atoms with Gasteiger partial charge >= 0.3 is 5.97 Å². The molecule has 17 heteroatoms. The number of rotatable bonds is 19. The number of aromatic amines is 2. The Morgan fingerprint density at radius 1 is 0.623 bits per heavy atom. The summed E-state index contributed by atoms with van der Waals surface area (Å²) in [6.45, 7) is 3.49. The van der Waals surface area contributed by atoms with E-state index in [1.54, 1.807) is 26.2 Å². The maximum absolute atomic E-state index is 14.0. The average Bonchev–Trinajstić information content (AvgIpc) is 3.70. The fourth-order valence-corrected chi connectivity index (χ4v) is 5.97. The van der Waals surface area contributed by atoms with Crippen LogP contribution < -0.4 is 38.5 Å². The fraction of sp³-hybridized carbons (Fsp3) is 0.361. The number of primary amides is 2. The molecule has 2 aromatic heterocycles. The number of carboxylic acids is 1. The van der Waals surface area contributed by atoms with Crippen molar-refractivity contribution in [2.75, 3.05) is 0 Å². The lowest BCUT2D eigenvalue weighted by Gasteiger charge is -2.26. The summed E-state index contributed by atoms with van der Waals surface area (Å²) in [6.07, 6.45) is 2.19. The first-order valence-corrected chi connectivity index (χ1v) is 17.0. The molecular formula is C36H45N9O8. The molecule has 0 bridgehead atoms. The molecule has 0 unspecified atom stereocenters. The second kappa shape index (κ2) is 17.8. The summed E-state index contributed by atoms with van der Waals surface area (Å²) in [7, 11) is 0. The second-order valence-electron chi connectivity index (χ2n) is 13.3. The maximum Gasteiger partial charge on any atom is 0.326 e. The van der Waals surface area contributed by atoms with Gasteiger partial charge in [-0.15, -0.1) is 0 Å². The molecule has 282 valence electrons. The molecular weight excluding hydrogens is 686 g/mol. The average molecular weight is 732 g/mol. The van der Waals surface area contributed by atoms with E-state index in [9.17, 15) is 38.7 Å². The van der Waals surface area contributed by atoms with Gasteiger partial charge in [0.2, 0.25) is 35.4 Å².